The van der Waals surface area contributed by atoms with Crippen molar-refractivity contribution < 1.29 is 4.74 Å². The summed E-state index contributed by atoms with van der Waals surface area (Å²) in [5.41, 5.74) is 2.97. The lowest BCUT2D eigenvalue weighted by Gasteiger charge is -2.34. The zero-order valence-electron chi connectivity index (χ0n) is 12.8. The van der Waals surface area contributed by atoms with Gasteiger partial charge in [-0.25, -0.2) is 0 Å². The number of hydrogen-bond donors (Lipinski definition) is 1. The number of ether oxygens (including phenoxy) is 1. The van der Waals surface area contributed by atoms with E-state index in [1.165, 1.54) is 24.0 Å². The Bertz CT molecular complexity index is 438. The standard InChI is InChI=1S/C16H26N2O/c1-12-6-7-14(19-5)13(10-12)15(18(3)4)16(8-9-16)11-17-2/h6-7,10,15,17H,8-9,11H2,1-5H3. The van der Waals surface area contributed by atoms with Crippen LogP contribution in [-0.2, 0) is 0 Å². The maximum Gasteiger partial charge on any atom is 0.123 e. The van der Waals surface area contributed by atoms with E-state index in [0.717, 1.165) is 12.3 Å². The van der Waals surface area contributed by atoms with E-state index in [1.807, 2.05) is 7.05 Å². The number of aryl methyl sites for hydroxylation is 1. The fourth-order valence-corrected chi connectivity index (χ4v) is 3.28. The highest BCUT2D eigenvalue weighted by atomic mass is 16.5. The zero-order chi connectivity index (χ0) is 14.0. The minimum Gasteiger partial charge on any atom is -0.496 e. The fourth-order valence-electron chi connectivity index (χ4n) is 3.28. The molecule has 0 radical (unpaired) electrons. The third-order valence-electron chi connectivity index (χ3n) is 4.20. The molecular weight excluding hydrogens is 236 g/mol. The Morgan fingerprint density at radius 2 is 2.05 bits per heavy atom. The number of nitrogens with one attached hydrogen (secondary N) is 1. The number of methoxy groups -OCH3 is 1. The van der Waals surface area contributed by atoms with Crippen molar-refractivity contribution in [3.63, 3.8) is 0 Å². The molecule has 1 N–H and O–H groups in total. The van der Waals surface area contributed by atoms with Crippen molar-refractivity contribution in [2.45, 2.75) is 25.8 Å². The summed E-state index contributed by atoms with van der Waals surface area (Å²) < 4.78 is 5.59. The second-order valence-corrected chi connectivity index (χ2v) is 6.00. The molecule has 19 heavy (non-hydrogen) atoms. The molecule has 1 aliphatic rings. The van der Waals surface area contributed by atoms with Gasteiger partial charge in [0.05, 0.1) is 7.11 Å². The molecule has 0 aliphatic heterocycles. The molecule has 0 aromatic heterocycles. The molecule has 1 fully saturated rings. The lowest BCUT2D eigenvalue weighted by atomic mass is 9.87. The molecule has 3 heteroatoms. The SMILES string of the molecule is CNCC1(C(c2cc(C)ccc2OC)N(C)C)CC1. The van der Waals surface area contributed by atoms with Crippen LogP contribution in [0, 0.1) is 12.3 Å². The molecule has 1 aromatic carbocycles. The van der Waals surface area contributed by atoms with E-state index >= 15 is 0 Å². The Labute approximate surface area is 116 Å². The highest BCUT2D eigenvalue weighted by Gasteiger charge is 2.51. The van der Waals surface area contributed by atoms with Crippen molar-refractivity contribution in [3.8, 4) is 5.75 Å². The maximum atomic E-state index is 5.59. The second kappa shape index (κ2) is 5.51. The average Bonchev–Trinajstić information content (AvgIpc) is 3.10. The Hall–Kier alpha value is -1.06. The van der Waals surface area contributed by atoms with Gasteiger partial charge < -0.3 is 15.0 Å². The van der Waals surface area contributed by atoms with Crippen LogP contribution >= 0.6 is 0 Å². The van der Waals surface area contributed by atoms with E-state index < -0.39 is 0 Å². The van der Waals surface area contributed by atoms with Gasteiger partial charge >= 0.3 is 0 Å². The molecule has 1 atom stereocenters. The van der Waals surface area contributed by atoms with Gasteiger partial charge in [-0.1, -0.05) is 17.7 Å². The number of rotatable bonds is 6. The fraction of sp³-hybridized carbons (Fsp3) is 0.625. The van der Waals surface area contributed by atoms with Crippen LogP contribution in [0.15, 0.2) is 18.2 Å². The molecule has 2 rings (SSSR count). The van der Waals surface area contributed by atoms with E-state index in [4.69, 9.17) is 4.74 Å². The summed E-state index contributed by atoms with van der Waals surface area (Å²) in [6, 6.07) is 6.90. The van der Waals surface area contributed by atoms with Gasteiger partial charge in [-0.05, 0) is 47.0 Å². The number of benzene rings is 1. The Kier molecular flexibility index (Phi) is 4.16. The van der Waals surface area contributed by atoms with Crippen LogP contribution in [0.3, 0.4) is 0 Å². The molecule has 0 spiro atoms. The van der Waals surface area contributed by atoms with Gasteiger partial charge in [-0.15, -0.1) is 0 Å². The van der Waals surface area contributed by atoms with Crippen molar-refractivity contribution in [1.29, 1.82) is 0 Å². The summed E-state index contributed by atoms with van der Waals surface area (Å²) in [5.74, 6) is 1.01. The molecule has 0 saturated heterocycles. The predicted octanol–water partition coefficient (Wildman–Crippen LogP) is 2.61. The normalized spacial score (nSPS) is 18.4. The maximum absolute atomic E-state index is 5.59. The highest BCUT2D eigenvalue weighted by Crippen LogP contribution is 2.57. The largest absolute Gasteiger partial charge is 0.496 e. The summed E-state index contributed by atoms with van der Waals surface area (Å²) in [7, 11) is 8.14. The van der Waals surface area contributed by atoms with E-state index in [0.29, 0.717) is 11.5 Å². The summed E-state index contributed by atoms with van der Waals surface area (Å²) >= 11 is 0. The first-order chi connectivity index (χ1) is 9.04. The van der Waals surface area contributed by atoms with Gasteiger partial charge in [0.15, 0.2) is 0 Å². The van der Waals surface area contributed by atoms with E-state index in [1.54, 1.807) is 7.11 Å². The molecular formula is C16H26N2O. The highest BCUT2D eigenvalue weighted by molar-refractivity contribution is 5.41. The molecule has 1 aliphatic carbocycles. The Morgan fingerprint density at radius 1 is 1.37 bits per heavy atom. The molecule has 0 heterocycles. The second-order valence-electron chi connectivity index (χ2n) is 6.00. The van der Waals surface area contributed by atoms with E-state index in [-0.39, 0.29) is 0 Å². The third-order valence-corrected chi connectivity index (χ3v) is 4.20. The monoisotopic (exact) mass is 262 g/mol. The molecule has 0 amide bonds. The zero-order valence-corrected chi connectivity index (χ0v) is 12.8. The molecule has 3 nitrogen and oxygen atoms in total. The van der Waals surface area contributed by atoms with Crippen LogP contribution in [0.4, 0.5) is 0 Å². The number of nitrogens with zero attached hydrogens (tertiary/aromatic N) is 1. The Balaban J connectivity index is 2.42. The lowest BCUT2D eigenvalue weighted by Crippen LogP contribution is -2.35. The molecule has 106 valence electrons. The van der Waals surface area contributed by atoms with Crippen molar-refractivity contribution in [2.75, 3.05) is 34.8 Å². The molecule has 1 unspecified atom stereocenters. The quantitative estimate of drug-likeness (QED) is 0.853. The van der Waals surface area contributed by atoms with Gasteiger partial charge in [0.25, 0.3) is 0 Å². The molecule has 0 bridgehead atoms. The van der Waals surface area contributed by atoms with Crippen molar-refractivity contribution >= 4 is 0 Å². The van der Waals surface area contributed by atoms with Crippen LogP contribution in [0.5, 0.6) is 5.75 Å². The van der Waals surface area contributed by atoms with Crippen molar-refractivity contribution in [3.05, 3.63) is 29.3 Å². The molecule has 1 saturated carbocycles. The third kappa shape index (κ3) is 2.77. The van der Waals surface area contributed by atoms with Crippen LogP contribution in [0.2, 0.25) is 0 Å². The number of hydrogen-bond acceptors (Lipinski definition) is 3. The smallest absolute Gasteiger partial charge is 0.123 e. The average molecular weight is 262 g/mol. The predicted molar refractivity (Wildman–Crippen MR) is 79.8 cm³/mol. The minimum atomic E-state index is 0.360. The van der Waals surface area contributed by atoms with Gasteiger partial charge in [0, 0.05) is 23.6 Å². The summed E-state index contributed by atoms with van der Waals surface area (Å²) in [5, 5.41) is 3.36. The minimum absolute atomic E-state index is 0.360. The van der Waals surface area contributed by atoms with Crippen LogP contribution < -0.4 is 10.1 Å². The first-order valence-electron chi connectivity index (χ1n) is 6.99. The lowest BCUT2D eigenvalue weighted by molar-refractivity contribution is 0.187. The van der Waals surface area contributed by atoms with Crippen LogP contribution in [0.25, 0.3) is 0 Å². The first kappa shape index (κ1) is 14.4. The first-order valence-corrected chi connectivity index (χ1v) is 6.99. The van der Waals surface area contributed by atoms with Gasteiger partial charge in [0.2, 0.25) is 0 Å². The van der Waals surface area contributed by atoms with Crippen LogP contribution in [-0.4, -0.2) is 39.7 Å². The topological polar surface area (TPSA) is 24.5 Å². The summed E-state index contributed by atoms with van der Waals surface area (Å²) in [4.78, 5) is 2.33. The Morgan fingerprint density at radius 3 is 2.53 bits per heavy atom. The van der Waals surface area contributed by atoms with E-state index in [9.17, 15) is 0 Å². The van der Waals surface area contributed by atoms with Gasteiger partial charge in [-0.2, -0.15) is 0 Å². The van der Waals surface area contributed by atoms with Gasteiger partial charge in [-0.3, -0.25) is 0 Å². The van der Waals surface area contributed by atoms with E-state index in [2.05, 4.69) is 49.4 Å². The summed E-state index contributed by atoms with van der Waals surface area (Å²) in [6.45, 7) is 3.21. The van der Waals surface area contributed by atoms with Gasteiger partial charge in [0.1, 0.15) is 5.75 Å². The van der Waals surface area contributed by atoms with Crippen molar-refractivity contribution in [1.82, 2.24) is 10.2 Å². The summed E-state index contributed by atoms with van der Waals surface area (Å²) in [6.07, 6.45) is 2.57. The molecule has 1 aromatic rings. The van der Waals surface area contributed by atoms with Crippen molar-refractivity contribution in [2.24, 2.45) is 5.41 Å². The van der Waals surface area contributed by atoms with Crippen LogP contribution in [0.1, 0.15) is 30.0 Å².